The smallest absolute Gasteiger partial charge is 0.318 e. The first-order valence-corrected chi connectivity index (χ1v) is 9.28. The van der Waals surface area contributed by atoms with Crippen LogP contribution in [0.5, 0.6) is 0 Å². The summed E-state index contributed by atoms with van der Waals surface area (Å²) in [7, 11) is 3.86. The van der Waals surface area contributed by atoms with Gasteiger partial charge in [-0.1, -0.05) is 43.9 Å². The lowest BCUT2D eigenvalue weighted by atomic mass is 9.87. The van der Waals surface area contributed by atoms with Crippen LogP contribution in [0.3, 0.4) is 0 Å². The molecule has 1 N–H and O–H groups in total. The van der Waals surface area contributed by atoms with Gasteiger partial charge in [0.25, 0.3) is 0 Å². The standard InChI is InChI=1S/C16H31N3O2S/c1-14(20)22-12-11-19(16(21)17-13-18(2)3)10-9-15-7-5-4-6-8-15/h15H,4-13H2,1-3H3,(H,17,21). The summed E-state index contributed by atoms with van der Waals surface area (Å²) >= 11 is 1.29. The number of urea groups is 1. The molecule has 22 heavy (non-hydrogen) atoms. The minimum absolute atomic E-state index is 0.0198. The van der Waals surface area contributed by atoms with Crippen molar-refractivity contribution in [3.8, 4) is 0 Å². The minimum atomic E-state index is -0.0198. The highest BCUT2D eigenvalue weighted by molar-refractivity contribution is 8.13. The molecule has 1 aliphatic carbocycles. The molecule has 1 fully saturated rings. The monoisotopic (exact) mass is 329 g/mol. The summed E-state index contributed by atoms with van der Waals surface area (Å²) in [5.74, 6) is 1.44. The lowest BCUT2D eigenvalue weighted by Gasteiger charge is -2.27. The minimum Gasteiger partial charge on any atom is -0.325 e. The van der Waals surface area contributed by atoms with Gasteiger partial charge in [0.05, 0.1) is 6.67 Å². The normalized spacial score (nSPS) is 15.8. The quantitative estimate of drug-likeness (QED) is 0.696. The first-order chi connectivity index (χ1) is 10.5. The Kier molecular flexibility index (Phi) is 9.55. The predicted molar refractivity (Wildman–Crippen MR) is 93.0 cm³/mol. The zero-order valence-corrected chi connectivity index (χ0v) is 15.1. The van der Waals surface area contributed by atoms with Gasteiger partial charge < -0.3 is 10.2 Å². The lowest BCUT2D eigenvalue weighted by molar-refractivity contribution is -0.109. The molecule has 1 rings (SSSR count). The van der Waals surface area contributed by atoms with E-state index in [1.807, 2.05) is 23.9 Å². The number of amides is 2. The topological polar surface area (TPSA) is 52.7 Å². The van der Waals surface area contributed by atoms with Gasteiger partial charge in [0.15, 0.2) is 5.12 Å². The Morgan fingerprint density at radius 3 is 2.41 bits per heavy atom. The third-order valence-electron chi connectivity index (χ3n) is 4.03. The zero-order valence-electron chi connectivity index (χ0n) is 14.3. The average Bonchev–Trinajstić information content (AvgIpc) is 2.49. The van der Waals surface area contributed by atoms with Crippen LogP contribution in [0, 0.1) is 5.92 Å². The fraction of sp³-hybridized carbons (Fsp3) is 0.875. The predicted octanol–water partition coefficient (Wildman–Crippen LogP) is 2.77. The number of hydrogen-bond donors (Lipinski definition) is 1. The van der Waals surface area contributed by atoms with Crippen molar-refractivity contribution in [2.45, 2.75) is 45.4 Å². The van der Waals surface area contributed by atoms with Crippen LogP contribution in [0.2, 0.25) is 0 Å². The maximum atomic E-state index is 12.3. The average molecular weight is 330 g/mol. The number of hydrogen-bond acceptors (Lipinski definition) is 4. The molecule has 2 amide bonds. The Hall–Kier alpha value is -0.750. The van der Waals surface area contributed by atoms with E-state index in [9.17, 15) is 9.59 Å². The van der Waals surface area contributed by atoms with Gasteiger partial charge in [0.1, 0.15) is 0 Å². The van der Waals surface area contributed by atoms with E-state index in [0.29, 0.717) is 19.0 Å². The second kappa shape index (κ2) is 10.9. The second-order valence-corrected chi connectivity index (χ2v) is 7.61. The van der Waals surface area contributed by atoms with E-state index in [0.717, 1.165) is 18.9 Å². The SMILES string of the molecule is CC(=O)SCCN(CCC1CCCCC1)C(=O)NCN(C)C. The molecular formula is C16H31N3O2S. The maximum Gasteiger partial charge on any atom is 0.318 e. The summed E-state index contributed by atoms with van der Waals surface area (Å²) in [6.45, 7) is 3.54. The summed E-state index contributed by atoms with van der Waals surface area (Å²) in [6.07, 6.45) is 7.71. The van der Waals surface area contributed by atoms with Crippen molar-refractivity contribution in [1.29, 1.82) is 0 Å². The van der Waals surface area contributed by atoms with E-state index >= 15 is 0 Å². The van der Waals surface area contributed by atoms with E-state index in [1.54, 1.807) is 6.92 Å². The van der Waals surface area contributed by atoms with Crippen molar-refractivity contribution < 1.29 is 9.59 Å². The number of carbonyl (C=O) groups excluding carboxylic acids is 2. The molecule has 0 radical (unpaired) electrons. The largest absolute Gasteiger partial charge is 0.325 e. The number of nitrogens with one attached hydrogen (secondary N) is 1. The Labute approximate surface area is 139 Å². The van der Waals surface area contributed by atoms with Gasteiger partial charge in [0, 0.05) is 25.8 Å². The van der Waals surface area contributed by atoms with Crippen molar-refractivity contribution in [3.05, 3.63) is 0 Å². The maximum absolute atomic E-state index is 12.3. The first kappa shape index (κ1) is 19.3. The molecule has 5 nitrogen and oxygen atoms in total. The lowest BCUT2D eigenvalue weighted by Crippen LogP contribution is -2.45. The van der Waals surface area contributed by atoms with Crippen LogP contribution in [-0.2, 0) is 4.79 Å². The Balaban J connectivity index is 2.40. The fourth-order valence-corrected chi connectivity index (χ4v) is 3.37. The summed E-state index contributed by atoms with van der Waals surface area (Å²) in [5, 5.41) is 3.04. The van der Waals surface area contributed by atoms with Gasteiger partial charge in [-0.25, -0.2) is 4.79 Å². The van der Waals surface area contributed by atoms with Gasteiger partial charge in [-0.2, -0.15) is 0 Å². The fourth-order valence-electron chi connectivity index (χ4n) is 2.77. The summed E-state index contributed by atoms with van der Waals surface area (Å²) in [5.41, 5.74) is 0. The van der Waals surface area contributed by atoms with E-state index < -0.39 is 0 Å². The van der Waals surface area contributed by atoms with Crippen molar-refractivity contribution in [1.82, 2.24) is 15.1 Å². The highest BCUT2D eigenvalue weighted by Crippen LogP contribution is 2.26. The molecule has 0 aliphatic heterocycles. The van der Waals surface area contributed by atoms with Crippen LogP contribution < -0.4 is 5.32 Å². The molecule has 0 saturated heterocycles. The number of nitrogens with zero attached hydrogens (tertiary/aromatic N) is 2. The first-order valence-electron chi connectivity index (χ1n) is 8.30. The van der Waals surface area contributed by atoms with Crippen LogP contribution in [0.1, 0.15) is 45.4 Å². The van der Waals surface area contributed by atoms with Crippen molar-refractivity contribution >= 4 is 22.9 Å². The van der Waals surface area contributed by atoms with Crippen molar-refractivity contribution in [3.63, 3.8) is 0 Å². The van der Waals surface area contributed by atoms with E-state index in [4.69, 9.17) is 0 Å². The number of thioether (sulfide) groups is 1. The van der Waals surface area contributed by atoms with Gasteiger partial charge in [0.2, 0.25) is 0 Å². The number of rotatable bonds is 8. The molecule has 1 saturated carbocycles. The Morgan fingerprint density at radius 2 is 1.82 bits per heavy atom. The Bertz CT molecular complexity index is 344. The third-order valence-corrected chi connectivity index (χ3v) is 4.83. The molecule has 0 unspecified atom stereocenters. The van der Waals surface area contributed by atoms with Crippen LogP contribution in [0.4, 0.5) is 4.79 Å². The highest BCUT2D eigenvalue weighted by atomic mass is 32.2. The molecule has 0 heterocycles. The van der Waals surface area contributed by atoms with Gasteiger partial charge in [-0.05, 0) is 26.4 Å². The molecule has 0 atom stereocenters. The molecule has 128 valence electrons. The second-order valence-electron chi connectivity index (χ2n) is 6.34. The van der Waals surface area contributed by atoms with E-state index in [2.05, 4.69) is 5.32 Å². The van der Waals surface area contributed by atoms with Crippen LogP contribution >= 0.6 is 11.8 Å². The van der Waals surface area contributed by atoms with Crippen molar-refractivity contribution in [2.24, 2.45) is 5.92 Å². The summed E-state index contributed by atoms with van der Waals surface area (Å²) in [6, 6.07) is -0.0198. The third kappa shape index (κ3) is 8.63. The Morgan fingerprint density at radius 1 is 1.14 bits per heavy atom. The molecule has 0 aromatic rings. The molecule has 1 aliphatic rings. The van der Waals surface area contributed by atoms with Crippen LogP contribution in [0.25, 0.3) is 0 Å². The van der Waals surface area contributed by atoms with Gasteiger partial charge in [-0.3, -0.25) is 9.69 Å². The van der Waals surface area contributed by atoms with Gasteiger partial charge in [-0.15, -0.1) is 0 Å². The molecule has 0 aromatic carbocycles. The van der Waals surface area contributed by atoms with Crippen LogP contribution in [-0.4, -0.2) is 60.6 Å². The van der Waals surface area contributed by atoms with Gasteiger partial charge >= 0.3 is 6.03 Å². The number of carbonyl (C=O) groups is 2. The van der Waals surface area contributed by atoms with Crippen LogP contribution in [0.15, 0.2) is 0 Å². The molecule has 0 aromatic heterocycles. The molecule has 0 bridgehead atoms. The summed E-state index contributed by atoms with van der Waals surface area (Å²) in [4.78, 5) is 27.1. The van der Waals surface area contributed by atoms with E-state index in [-0.39, 0.29) is 11.1 Å². The zero-order chi connectivity index (χ0) is 16.4. The van der Waals surface area contributed by atoms with Crippen molar-refractivity contribution in [2.75, 3.05) is 39.6 Å². The highest BCUT2D eigenvalue weighted by Gasteiger charge is 2.18. The molecule has 6 heteroatoms. The molecular weight excluding hydrogens is 298 g/mol. The molecule has 0 spiro atoms. The van der Waals surface area contributed by atoms with E-state index in [1.165, 1.54) is 43.9 Å². The summed E-state index contributed by atoms with van der Waals surface area (Å²) < 4.78 is 0.